The molecule has 2 heteroatoms. The van der Waals surface area contributed by atoms with Gasteiger partial charge in [-0.05, 0) is 121 Å². The molecule has 0 bridgehead atoms. The summed E-state index contributed by atoms with van der Waals surface area (Å²) in [6.45, 7) is 6.99. The van der Waals surface area contributed by atoms with E-state index in [1.807, 2.05) is 11.3 Å². The lowest BCUT2D eigenvalue weighted by atomic mass is 9.83. The molecule has 0 aliphatic heterocycles. The molecule has 0 spiro atoms. The maximum absolute atomic E-state index is 2.48. The summed E-state index contributed by atoms with van der Waals surface area (Å²) in [7, 11) is 0. The first kappa shape index (κ1) is 35.7. The van der Waals surface area contributed by atoms with Crippen LogP contribution in [0.1, 0.15) is 26.3 Å². The van der Waals surface area contributed by atoms with Gasteiger partial charge in [0.15, 0.2) is 0 Å². The van der Waals surface area contributed by atoms with E-state index < -0.39 is 0 Å². The van der Waals surface area contributed by atoms with E-state index in [0.29, 0.717) is 0 Å². The van der Waals surface area contributed by atoms with Crippen LogP contribution in [0.15, 0.2) is 206 Å². The van der Waals surface area contributed by atoms with Gasteiger partial charge in [-0.3, -0.25) is 0 Å². The summed E-state index contributed by atoms with van der Waals surface area (Å²) in [4.78, 5) is 2.48. The maximum Gasteiger partial charge on any atom is 0.0540 e. The zero-order chi connectivity index (χ0) is 39.2. The van der Waals surface area contributed by atoms with Crippen molar-refractivity contribution >= 4 is 59.3 Å². The monoisotopic (exact) mass is 761 g/mol. The molecule has 0 amide bonds. The summed E-state index contributed by atoms with van der Waals surface area (Å²) in [5, 5.41) is 5.14. The van der Waals surface area contributed by atoms with Crippen molar-refractivity contribution in [1.29, 1.82) is 0 Å². The minimum atomic E-state index is -0.149. The number of anilines is 3. The minimum Gasteiger partial charge on any atom is -0.310 e. The number of para-hydroxylation sites is 1. The van der Waals surface area contributed by atoms with Crippen LogP contribution >= 0.6 is 11.3 Å². The fraction of sp³-hybridized carbons (Fsp3) is 0.0714. The molecule has 1 nitrogen and oxygen atoms in total. The first-order valence-corrected chi connectivity index (χ1v) is 20.9. The Bertz CT molecular complexity index is 3090. The van der Waals surface area contributed by atoms with Crippen LogP contribution in [0.2, 0.25) is 0 Å². The number of nitrogens with zero attached hydrogens (tertiary/aromatic N) is 1. The molecular weight excluding hydrogens is 719 g/mol. The maximum atomic E-state index is 2.48. The third-order valence-electron chi connectivity index (χ3n) is 11.4. The first-order chi connectivity index (χ1) is 28.4. The number of hydrogen-bond acceptors (Lipinski definition) is 2. The van der Waals surface area contributed by atoms with Gasteiger partial charge in [-0.1, -0.05) is 166 Å². The van der Waals surface area contributed by atoms with Gasteiger partial charge in [0.1, 0.15) is 0 Å². The van der Waals surface area contributed by atoms with Gasteiger partial charge in [0, 0.05) is 37.1 Å². The van der Waals surface area contributed by atoms with Crippen molar-refractivity contribution in [3.05, 3.63) is 212 Å². The standard InChI is InChI=1S/C56H43NS/c1-56(2,3)51-37-45(43-25-24-39-16-7-8-17-41(39)34-43)28-32-53(51)57(47-30-26-40(27-31-47)38-14-5-4-6-15-38)52-22-11-9-20-48(52)46-19-13-18-42(35-46)44-29-33-55-50(36-44)49-21-10-12-23-54(49)58-55/h4-37H,1-3H3. The Morgan fingerprint density at radius 1 is 0.362 bits per heavy atom. The number of rotatable bonds is 7. The molecule has 0 aliphatic carbocycles. The normalized spacial score (nSPS) is 11.7. The zero-order valence-electron chi connectivity index (χ0n) is 33.0. The Morgan fingerprint density at radius 2 is 0.948 bits per heavy atom. The van der Waals surface area contributed by atoms with E-state index in [0.717, 1.165) is 11.4 Å². The summed E-state index contributed by atoms with van der Waals surface area (Å²) in [6, 6.07) is 75.8. The highest BCUT2D eigenvalue weighted by Gasteiger charge is 2.26. The second kappa shape index (κ2) is 14.6. The van der Waals surface area contributed by atoms with Crippen LogP contribution in [0, 0.1) is 0 Å². The molecule has 9 aromatic carbocycles. The molecule has 0 saturated carbocycles. The molecule has 0 unspecified atom stereocenters. The Morgan fingerprint density at radius 3 is 1.79 bits per heavy atom. The molecule has 0 radical (unpaired) electrons. The van der Waals surface area contributed by atoms with E-state index in [9.17, 15) is 0 Å². The van der Waals surface area contributed by atoms with Crippen molar-refractivity contribution in [2.45, 2.75) is 26.2 Å². The number of fused-ring (bicyclic) bond motifs is 4. The average Bonchev–Trinajstić information content (AvgIpc) is 3.65. The Labute approximate surface area is 345 Å². The predicted octanol–water partition coefficient (Wildman–Crippen LogP) is 16.6. The van der Waals surface area contributed by atoms with Crippen LogP contribution in [0.3, 0.4) is 0 Å². The molecule has 0 aliphatic rings. The van der Waals surface area contributed by atoms with Crippen LogP contribution in [0.4, 0.5) is 17.1 Å². The van der Waals surface area contributed by atoms with Crippen LogP contribution in [0.5, 0.6) is 0 Å². The zero-order valence-corrected chi connectivity index (χ0v) is 33.8. The Hall–Kier alpha value is -6.74. The predicted molar refractivity (Wildman–Crippen MR) is 252 cm³/mol. The quantitative estimate of drug-likeness (QED) is 0.156. The Balaban J connectivity index is 1.13. The smallest absolute Gasteiger partial charge is 0.0540 e. The van der Waals surface area contributed by atoms with Crippen molar-refractivity contribution in [3.8, 4) is 44.5 Å². The molecule has 58 heavy (non-hydrogen) atoms. The van der Waals surface area contributed by atoms with Crippen LogP contribution in [-0.4, -0.2) is 0 Å². The van der Waals surface area contributed by atoms with Gasteiger partial charge in [-0.2, -0.15) is 0 Å². The lowest BCUT2D eigenvalue weighted by Crippen LogP contribution is -2.19. The molecule has 0 saturated heterocycles. The topological polar surface area (TPSA) is 3.24 Å². The third-order valence-corrected chi connectivity index (χ3v) is 12.5. The molecular formula is C56H43NS. The summed E-state index contributed by atoms with van der Waals surface area (Å²) >= 11 is 1.86. The highest BCUT2D eigenvalue weighted by atomic mass is 32.1. The highest BCUT2D eigenvalue weighted by molar-refractivity contribution is 7.25. The van der Waals surface area contributed by atoms with E-state index >= 15 is 0 Å². The fourth-order valence-corrected chi connectivity index (χ4v) is 9.49. The molecule has 0 N–H and O–H groups in total. The number of benzene rings is 9. The van der Waals surface area contributed by atoms with Crippen molar-refractivity contribution < 1.29 is 0 Å². The molecule has 1 heterocycles. The van der Waals surface area contributed by atoms with Crippen molar-refractivity contribution in [2.24, 2.45) is 0 Å². The van der Waals surface area contributed by atoms with E-state index in [-0.39, 0.29) is 5.41 Å². The van der Waals surface area contributed by atoms with Gasteiger partial charge in [-0.15, -0.1) is 11.3 Å². The van der Waals surface area contributed by atoms with Gasteiger partial charge >= 0.3 is 0 Å². The fourth-order valence-electron chi connectivity index (χ4n) is 8.41. The molecule has 0 atom stereocenters. The molecule has 10 rings (SSSR count). The van der Waals surface area contributed by atoms with Gasteiger partial charge in [0.05, 0.1) is 5.69 Å². The van der Waals surface area contributed by atoms with Gasteiger partial charge in [0.2, 0.25) is 0 Å². The first-order valence-electron chi connectivity index (χ1n) is 20.1. The lowest BCUT2D eigenvalue weighted by molar-refractivity contribution is 0.591. The molecule has 10 aromatic rings. The van der Waals surface area contributed by atoms with Gasteiger partial charge < -0.3 is 4.90 Å². The van der Waals surface area contributed by atoms with Crippen LogP contribution < -0.4 is 4.90 Å². The summed E-state index contributed by atoms with van der Waals surface area (Å²) in [5.41, 5.74) is 14.2. The highest BCUT2D eigenvalue weighted by Crippen LogP contribution is 2.47. The van der Waals surface area contributed by atoms with Crippen LogP contribution in [0.25, 0.3) is 75.5 Å². The molecule has 1 aromatic heterocycles. The second-order valence-corrected chi connectivity index (χ2v) is 17.3. The largest absolute Gasteiger partial charge is 0.310 e. The Kier molecular flexibility index (Phi) is 9.00. The second-order valence-electron chi connectivity index (χ2n) is 16.2. The summed E-state index contributed by atoms with van der Waals surface area (Å²) in [5.74, 6) is 0. The lowest BCUT2D eigenvalue weighted by Gasteiger charge is -2.34. The minimum absolute atomic E-state index is 0.149. The van der Waals surface area contributed by atoms with E-state index in [1.165, 1.54) is 86.7 Å². The third kappa shape index (κ3) is 6.66. The summed E-state index contributed by atoms with van der Waals surface area (Å²) < 4.78 is 2.65. The molecule has 0 fully saturated rings. The van der Waals surface area contributed by atoms with Crippen molar-refractivity contribution in [2.75, 3.05) is 4.90 Å². The molecule has 278 valence electrons. The summed E-state index contributed by atoms with van der Waals surface area (Å²) in [6.07, 6.45) is 0. The van der Waals surface area contributed by atoms with Gasteiger partial charge in [-0.25, -0.2) is 0 Å². The van der Waals surface area contributed by atoms with Crippen LogP contribution in [-0.2, 0) is 5.41 Å². The number of thiophene rings is 1. The van der Waals surface area contributed by atoms with E-state index in [1.54, 1.807) is 0 Å². The average molecular weight is 762 g/mol. The number of hydrogen-bond donors (Lipinski definition) is 0. The van der Waals surface area contributed by atoms with Crippen molar-refractivity contribution in [1.82, 2.24) is 0 Å². The van der Waals surface area contributed by atoms with Crippen molar-refractivity contribution in [3.63, 3.8) is 0 Å². The SMILES string of the molecule is CC(C)(C)c1cc(-c2ccc3ccccc3c2)ccc1N(c1ccc(-c2ccccc2)cc1)c1ccccc1-c1cccc(-c2ccc3sc4ccccc4c3c2)c1. The van der Waals surface area contributed by atoms with E-state index in [2.05, 4.69) is 232 Å². The van der Waals surface area contributed by atoms with Gasteiger partial charge in [0.25, 0.3) is 0 Å². The van der Waals surface area contributed by atoms with E-state index in [4.69, 9.17) is 0 Å².